The van der Waals surface area contributed by atoms with Crippen LogP contribution in [0.1, 0.15) is 6.42 Å². The molecule has 1 N–H and O–H groups in total. The summed E-state index contributed by atoms with van der Waals surface area (Å²) in [6.45, 7) is 0. The van der Waals surface area contributed by atoms with E-state index in [1.807, 2.05) is 0 Å². The van der Waals surface area contributed by atoms with Gasteiger partial charge in [0.2, 0.25) is 6.10 Å². The maximum Gasteiger partial charge on any atom is 0.345 e. The predicted octanol–water partition coefficient (Wildman–Crippen LogP) is 2.96. The quantitative estimate of drug-likeness (QED) is 0.870. The van der Waals surface area contributed by atoms with Crippen LogP contribution in [-0.2, 0) is 4.79 Å². The zero-order chi connectivity index (χ0) is 12.1. The van der Waals surface area contributed by atoms with Gasteiger partial charge in [0.15, 0.2) is 0 Å². The number of aliphatic carboxylic acids is 1. The first kappa shape index (κ1) is 12.9. The summed E-state index contributed by atoms with van der Waals surface area (Å²) < 4.78 is 5.99. The van der Waals surface area contributed by atoms with E-state index < -0.39 is 12.1 Å². The molecular formula is C11H8BrClO3. The number of hydrogen-bond acceptors (Lipinski definition) is 2. The lowest BCUT2D eigenvalue weighted by atomic mass is 10.2. The molecule has 0 fully saturated rings. The molecule has 3 nitrogen and oxygen atoms in total. The number of carboxylic acid groups (broad SMARTS) is 1. The average molecular weight is 304 g/mol. The van der Waals surface area contributed by atoms with E-state index in [1.54, 1.807) is 18.2 Å². The number of hydrogen-bond donors (Lipinski definition) is 1. The monoisotopic (exact) mass is 302 g/mol. The number of carboxylic acids is 1. The van der Waals surface area contributed by atoms with Crippen LogP contribution >= 0.6 is 27.5 Å². The minimum absolute atomic E-state index is 0.0122. The summed E-state index contributed by atoms with van der Waals surface area (Å²) in [5, 5.41) is 9.17. The molecule has 0 aliphatic rings. The summed E-state index contributed by atoms with van der Waals surface area (Å²) in [6, 6.07) is 4.90. The molecule has 0 aliphatic carbocycles. The van der Waals surface area contributed by atoms with Gasteiger partial charge < -0.3 is 9.84 Å². The topological polar surface area (TPSA) is 46.5 Å². The third kappa shape index (κ3) is 3.44. The number of halogens is 2. The van der Waals surface area contributed by atoms with Gasteiger partial charge in [-0.25, -0.2) is 4.79 Å². The summed E-state index contributed by atoms with van der Waals surface area (Å²) in [5.41, 5.74) is 0. The van der Waals surface area contributed by atoms with E-state index in [-0.39, 0.29) is 6.42 Å². The molecule has 0 radical (unpaired) electrons. The Balaban J connectivity index is 2.86. The van der Waals surface area contributed by atoms with Crippen LogP contribution in [0.3, 0.4) is 0 Å². The van der Waals surface area contributed by atoms with Gasteiger partial charge in [-0.2, -0.15) is 0 Å². The molecule has 0 amide bonds. The van der Waals surface area contributed by atoms with Crippen LogP contribution in [0.4, 0.5) is 0 Å². The highest BCUT2D eigenvalue weighted by molar-refractivity contribution is 9.10. The Morgan fingerprint density at radius 3 is 2.88 bits per heavy atom. The smallest absolute Gasteiger partial charge is 0.345 e. The van der Waals surface area contributed by atoms with Gasteiger partial charge in [0, 0.05) is 4.47 Å². The van der Waals surface area contributed by atoms with Crippen molar-refractivity contribution in [3.05, 3.63) is 27.7 Å². The molecule has 16 heavy (non-hydrogen) atoms. The molecule has 0 saturated heterocycles. The fourth-order valence-electron chi connectivity index (χ4n) is 1.01. The Morgan fingerprint density at radius 1 is 1.69 bits per heavy atom. The molecule has 0 heterocycles. The first-order valence-corrected chi connectivity index (χ1v) is 5.49. The third-order valence-corrected chi connectivity index (χ3v) is 2.53. The van der Waals surface area contributed by atoms with Crippen molar-refractivity contribution in [3.8, 4) is 18.1 Å². The van der Waals surface area contributed by atoms with E-state index in [1.165, 1.54) is 0 Å². The molecule has 0 aromatic heterocycles. The largest absolute Gasteiger partial charge is 0.478 e. The lowest BCUT2D eigenvalue weighted by molar-refractivity contribution is -0.144. The second-order valence-corrected chi connectivity index (χ2v) is 4.25. The highest BCUT2D eigenvalue weighted by Gasteiger charge is 2.19. The van der Waals surface area contributed by atoms with E-state index in [0.29, 0.717) is 10.8 Å². The molecule has 0 saturated carbocycles. The molecule has 0 spiro atoms. The first-order valence-electron chi connectivity index (χ1n) is 4.32. The highest BCUT2D eigenvalue weighted by Crippen LogP contribution is 2.28. The molecule has 0 aliphatic heterocycles. The van der Waals surface area contributed by atoms with Crippen LogP contribution in [0.2, 0.25) is 5.02 Å². The highest BCUT2D eigenvalue weighted by atomic mass is 79.9. The Kier molecular flexibility index (Phi) is 4.66. The van der Waals surface area contributed by atoms with Gasteiger partial charge in [0.05, 0.1) is 11.4 Å². The van der Waals surface area contributed by atoms with Crippen LogP contribution < -0.4 is 4.74 Å². The molecule has 5 heteroatoms. The lowest BCUT2D eigenvalue weighted by Crippen LogP contribution is -2.26. The van der Waals surface area contributed by atoms with E-state index in [2.05, 4.69) is 21.9 Å². The van der Waals surface area contributed by atoms with Crippen molar-refractivity contribution in [2.45, 2.75) is 12.5 Å². The summed E-state index contributed by atoms with van der Waals surface area (Å²) in [7, 11) is 0. The molecular weight excluding hydrogens is 295 g/mol. The standard InChI is InChI=1S/C11H8BrClO3/c1-2-3-10(11(14)15)16-9-5-4-7(12)6-8(9)13/h1,4-6,10H,3H2,(H,14,15)/t10-/m0/s1. The van der Waals surface area contributed by atoms with E-state index in [9.17, 15) is 4.79 Å². The normalized spacial score (nSPS) is 11.6. The number of benzene rings is 1. The van der Waals surface area contributed by atoms with Crippen molar-refractivity contribution in [3.63, 3.8) is 0 Å². The van der Waals surface area contributed by atoms with Crippen molar-refractivity contribution in [2.75, 3.05) is 0 Å². The van der Waals surface area contributed by atoms with Gasteiger partial charge in [-0.1, -0.05) is 27.5 Å². The Hall–Kier alpha value is -1.18. The van der Waals surface area contributed by atoms with Gasteiger partial charge in [0.1, 0.15) is 5.75 Å². The summed E-state index contributed by atoms with van der Waals surface area (Å²) in [4.78, 5) is 10.8. The van der Waals surface area contributed by atoms with Crippen molar-refractivity contribution in [1.82, 2.24) is 0 Å². The van der Waals surface area contributed by atoms with E-state index in [4.69, 9.17) is 27.9 Å². The SMILES string of the molecule is C#CC[C@H](Oc1ccc(Br)cc1Cl)C(=O)O. The Labute approximate surface area is 106 Å². The molecule has 0 bridgehead atoms. The predicted molar refractivity (Wildman–Crippen MR) is 64.7 cm³/mol. The third-order valence-electron chi connectivity index (χ3n) is 1.74. The zero-order valence-electron chi connectivity index (χ0n) is 8.11. The van der Waals surface area contributed by atoms with Crippen molar-refractivity contribution in [1.29, 1.82) is 0 Å². The van der Waals surface area contributed by atoms with Crippen LogP contribution in [0.5, 0.6) is 5.75 Å². The zero-order valence-corrected chi connectivity index (χ0v) is 10.5. The van der Waals surface area contributed by atoms with Crippen LogP contribution in [0, 0.1) is 12.3 Å². The minimum Gasteiger partial charge on any atom is -0.478 e. The number of ether oxygens (including phenoxy) is 1. The van der Waals surface area contributed by atoms with Crippen LogP contribution in [0.15, 0.2) is 22.7 Å². The van der Waals surface area contributed by atoms with Gasteiger partial charge in [-0.05, 0) is 18.2 Å². The molecule has 1 aromatic rings. The molecule has 84 valence electrons. The van der Waals surface area contributed by atoms with Gasteiger partial charge >= 0.3 is 5.97 Å². The van der Waals surface area contributed by atoms with Crippen molar-refractivity contribution in [2.24, 2.45) is 0 Å². The summed E-state index contributed by atoms with van der Waals surface area (Å²) in [6.07, 6.45) is 3.96. The molecule has 1 atom stereocenters. The second kappa shape index (κ2) is 5.78. The summed E-state index contributed by atoms with van der Waals surface area (Å²) in [5.74, 6) is 1.43. The number of carbonyl (C=O) groups is 1. The lowest BCUT2D eigenvalue weighted by Gasteiger charge is -2.13. The minimum atomic E-state index is -1.11. The van der Waals surface area contributed by atoms with Gasteiger partial charge in [-0.3, -0.25) is 0 Å². The van der Waals surface area contributed by atoms with Crippen molar-refractivity contribution < 1.29 is 14.6 Å². The Bertz CT molecular complexity index is 439. The van der Waals surface area contributed by atoms with Gasteiger partial charge in [-0.15, -0.1) is 12.3 Å². The fraction of sp³-hybridized carbons (Fsp3) is 0.182. The first-order chi connectivity index (χ1) is 7.54. The number of rotatable bonds is 4. The van der Waals surface area contributed by atoms with Gasteiger partial charge in [0.25, 0.3) is 0 Å². The van der Waals surface area contributed by atoms with Crippen molar-refractivity contribution >= 4 is 33.5 Å². The average Bonchev–Trinajstić information content (AvgIpc) is 2.20. The maximum absolute atomic E-state index is 10.8. The fourth-order valence-corrected chi connectivity index (χ4v) is 1.73. The number of terminal acetylenes is 1. The molecule has 1 aromatic carbocycles. The second-order valence-electron chi connectivity index (χ2n) is 2.93. The van der Waals surface area contributed by atoms with Crippen LogP contribution in [-0.4, -0.2) is 17.2 Å². The van der Waals surface area contributed by atoms with E-state index in [0.717, 1.165) is 4.47 Å². The molecule has 1 rings (SSSR count). The molecule has 0 unspecified atom stereocenters. The Morgan fingerprint density at radius 2 is 2.38 bits per heavy atom. The van der Waals surface area contributed by atoms with Crippen LogP contribution in [0.25, 0.3) is 0 Å². The summed E-state index contributed by atoms with van der Waals surface area (Å²) >= 11 is 9.11. The van der Waals surface area contributed by atoms with E-state index >= 15 is 0 Å². The maximum atomic E-state index is 10.8.